The molecule has 0 bridgehead atoms. The van der Waals surface area contributed by atoms with Gasteiger partial charge in [0.05, 0.1) is 0 Å². The molecule has 3 rings (SSSR count). The van der Waals surface area contributed by atoms with Crippen LogP contribution in [0, 0.1) is 6.92 Å². The van der Waals surface area contributed by atoms with Gasteiger partial charge in [0.25, 0.3) is 0 Å². The highest BCUT2D eigenvalue weighted by molar-refractivity contribution is 6.13. The Kier molecular flexibility index (Phi) is 4.75. The summed E-state index contributed by atoms with van der Waals surface area (Å²) >= 11 is 0. The lowest BCUT2D eigenvalue weighted by Crippen LogP contribution is -2.07. The standard InChI is InChI=1S/C20H17NO4/c1-3-18(22)24-17-10-5-4-8-14(17)12-16-20(23)25-19(21-16)15-9-6-7-13(2)11-15/h4-12H,3H2,1-2H3/b16-12-. The summed E-state index contributed by atoms with van der Waals surface area (Å²) in [6.45, 7) is 3.67. The van der Waals surface area contributed by atoms with Gasteiger partial charge in [0, 0.05) is 17.5 Å². The fraction of sp³-hybridized carbons (Fsp3) is 0.150. The van der Waals surface area contributed by atoms with Crippen molar-refractivity contribution in [2.45, 2.75) is 20.3 Å². The Hall–Kier alpha value is -3.21. The van der Waals surface area contributed by atoms with Crippen LogP contribution in [0.2, 0.25) is 0 Å². The van der Waals surface area contributed by atoms with E-state index >= 15 is 0 Å². The van der Waals surface area contributed by atoms with Gasteiger partial charge in [-0.15, -0.1) is 0 Å². The van der Waals surface area contributed by atoms with E-state index in [1.54, 1.807) is 37.3 Å². The fourth-order valence-corrected chi connectivity index (χ4v) is 2.35. The number of nitrogens with zero attached hydrogens (tertiary/aromatic N) is 1. The molecule has 5 heteroatoms. The predicted molar refractivity (Wildman–Crippen MR) is 94.2 cm³/mol. The Morgan fingerprint density at radius 2 is 2.00 bits per heavy atom. The number of hydrogen-bond donors (Lipinski definition) is 0. The molecule has 25 heavy (non-hydrogen) atoms. The number of hydrogen-bond acceptors (Lipinski definition) is 5. The summed E-state index contributed by atoms with van der Waals surface area (Å²) in [6, 6.07) is 14.5. The molecule has 0 saturated heterocycles. The molecule has 0 atom stereocenters. The molecule has 0 amide bonds. The van der Waals surface area contributed by atoms with E-state index in [-0.39, 0.29) is 24.0 Å². The second-order valence-electron chi connectivity index (χ2n) is 5.57. The summed E-state index contributed by atoms with van der Waals surface area (Å²) < 4.78 is 10.5. The van der Waals surface area contributed by atoms with Crippen LogP contribution < -0.4 is 4.74 Å². The van der Waals surface area contributed by atoms with E-state index in [0.29, 0.717) is 11.3 Å². The van der Waals surface area contributed by atoms with E-state index < -0.39 is 5.97 Å². The molecule has 2 aromatic carbocycles. The van der Waals surface area contributed by atoms with Crippen LogP contribution in [0.25, 0.3) is 6.08 Å². The quantitative estimate of drug-likeness (QED) is 0.486. The van der Waals surface area contributed by atoms with E-state index in [9.17, 15) is 9.59 Å². The van der Waals surface area contributed by atoms with Gasteiger partial charge in [-0.3, -0.25) is 4.79 Å². The molecule has 0 radical (unpaired) electrons. The molecule has 0 spiro atoms. The van der Waals surface area contributed by atoms with E-state index in [2.05, 4.69) is 4.99 Å². The molecule has 1 heterocycles. The minimum Gasteiger partial charge on any atom is -0.426 e. The van der Waals surface area contributed by atoms with Gasteiger partial charge in [0.1, 0.15) is 5.75 Å². The number of carbonyl (C=O) groups is 2. The van der Waals surface area contributed by atoms with Crippen LogP contribution >= 0.6 is 0 Å². The first-order valence-corrected chi connectivity index (χ1v) is 7.96. The zero-order chi connectivity index (χ0) is 17.8. The summed E-state index contributed by atoms with van der Waals surface area (Å²) in [6.07, 6.45) is 1.83. The van der Waals surface area contributed by atoms with Crippen LogP contribution in [-0.4, -0.2) is 17.8 Å². The van der Waals surface area contributed by atoms with Crippen molar-refractivity contribution in [1.82, 2.24) is 0 Å². The van der Waals surface area contributed by atoms with Crippen molar-refractivity contribution in [3.05, 3.63) is 70.9 Å². The SMILES string of the molecule is CCC(=O)Oc1ccccc1/C=C1\N=C(c2cccc(C)c2)OC1=O. The van der Waals surface area contributed by atoms with Crippen LogP contribution in [-0.2, 0) is 14.3 Å². The Labute approximate surface area is 145 Å². The number of para-hydroxylation sites is 1. The van der Waals surface area contributed by atoms with Crippen LogP contribution in [0.15, 0.2) is 59.2 Å². The fourth-order valence-electron chi connectivity index (χ4n) is 2.35. The van der Waals surface area contributed by atoms with Crippen LogP contribution in [0.3, 0.4) is 0 Å². The van der Waals surface area contributed by atoms with Crippen LogP contribution in [0.5, 0.6) is 5.75 Å². The molecule has 5 nitrogen and oxygen atoms in total. The summed E-state index contributed by atoms with van der Waals surface area (Å²) in [5, 5.41) is 0. The number of esters is 2. The van der Waals surface area contributed by atoms with Crippen LogP contribution in [0.4, 0.5) is 0 Å². The molecule has 0 aliphatic carbocycles. The molecule has 1 aliphatic heterocycles. The lowest BCUT2D eigenvalue weighted by molar-refractivity contribution is -0.134. The number of carbonyl (C=O) groups excluding carboxylic acids is 2. The number of benzene rings is 2. The highest BCUT2D eigenvalue weighted by atomic mass is 16.6. The van der Waals surface area contributed by atoms with Gasteiger partial charge >= 0.3 is 11.9 Å². The maximum absolute atomic E-state index is 12.1. The average Bonchev–Trinajstić information content (AvgIpc) is 2.97. The highest BCUT2D eigenvalue weighted by Gasteiger charge is 2.24. The number of aryl methyl sites for hydroxylation is 1. The maximum atomic E-state index is 12.1. The van der Waals surface area contributed by atoms with E-state index in [1.807, 2.05) is 31.2 Å². The first-order chi connectivity index (χ1) is 12.1. The van der Waals surface area contributed by atoms with Crippen molar-refractivity contribution < 1.29 is 19.1 Å². The molecule has 0 saturated carbocycles. The molecule has 0 N–H and O–H groups in total. The van der Waals surface area contributed by atoms with Crippen molar-refractivity contribution >= 4 is 23.9 Å². The van der Waals surface area contributed by atoms with Gasteiger partial charge in [-0.25, -0.2) is 9.79 Å². The molecule has 0 fully saturated rings. The van der Waals surface area contributed by atoms with E-state index in [1.165, 1.54) is 0 Å². The lowest BCUT2D eigenvalue weighted by atomic mass is 10.1. The van der Waals surface area contributed by atoms with Gasteiger partial charge in [0.15, 0.2) is 5.70 Å². The molecule has 0 unspecified atom stereocenters. The number of aliphatic imine (C=N–C) groups is 1. The third-order valence-corrected chi connectivity index (χ3v) is 3.61. The topological polar surface area (TPSA) is 65.0 Å². The zero-order valence-corrected chi connectivity index (χ0v) is 14.0. The van der Waals surface area contributed by atoms with Gasteiger partial charge < -0.3 is 9.47 Å². The first kappa shape index (κ1) is 16.6. The second-order valence-corrected chi connectivity index (χ2v) is 5.57. The molecule has 126 valence electrons. The smallest absolute Gasteiger partial charge is 0.363 e. The third-order valence-electron chi connectivity index (χ3n) is 3.61. The van der Waals surface area contributed by atoms with Crippen molar-refractivity contribution in [3.63, 3.8) is 0 Å². The first-order valence-electron chi connectivity index (χ1n) is 7.96. The molecule has 0 aromatic heterocycles. The van der Waals surface area contributed by atoms with Gasteiger partial charge in [-0.1, -0.05) is 42.8 Å². The number of rotatable bonds is 4. The molecular weight excluding hydrogens is 318 g/mol. The average molecular weight is 335 g/mol. The zero-order valence-electron chi connectivity index (χ0n) is 14.0. The van der Waals surface area contributed by atoms with Crippen molar-refractivity contribution in [1.29, 1.82) is 0 Å². The number of ether oxygens (including phenoxy) is 2. The van der Waals surface area contributed by atoms with Crippen molar-refractivity contribution in [2.75, 3.05) is 0 Å². The van der Waals surface area contributed by atoms with Gasteiger partial charge in [-0.2, -0.15) is 0 Å². The summed E-state index contributed by atoms with van der Waals surface area (Å²) in [7, 11) is 0. The normalized spacial score (nSPS) is 15.0. The minimum atomic E-state index is -0.534. The second kappa shape index (κ2) is 7.13. The van der Waals surface area contributed by atoms with Crippen molar-refractivity contribution in [3.8, 4) is 5.75 Å². The summed E-state index contributed by atoms with van der Waals surface area (Å²) in [5.41, 5.74) is 2.54. The summed E-state index contributed by atoms with van der Waals surface area (Å²) in [4.78, 5) is 27.9. The van der Waals surface area contributed by atoms with Crippen molar-refractivity contribution in [2.24, 2.45) is 4.99 Å². The molecule has 1 aliphatic rings. The number of cyclic esters (lactones) is 1. The predicted octanol–water partition coefficient (Wildman–Crippen LogP) is 3.65. The third kappa shape index (κ3) is 3.83. The molecule has 2 aromatic rings. The van der Waals surface area contributed by atoms with Gasteiger partial charge in [0.2, 0.25) is 5.90 Å². The summed E-state index contributed by atoms with van der Waals surface area (Å²) in [5.74, 6) is -0.228. The van der Waals surface area contributed by atoms with E-state index in [0.717, 1.165) is 11.1 Å². The van der Waals surface area contributed by atoms with Crippen LogP contribution in [0.1, 0.15) is 30.0 Å². The Morgan fingerprint density at radius 1 is 1.20 bits per heavy atom. The largest absolute Gasteiger partial charge is 0.426 e. The highest BCUT2D eigenvalue weighted by Crippen LogP contribution is 2.25. The minimum absolute atomic E-state index is 0.163. The Balaban J connectivity index is 1.94. The maximum Gasteiger partial charge on any atom is 0.363 e. The van der Waals surface area contributed by atoms with Gasteiger partial charge in [-0.05, 0) is 31.2 Å². The Morgan fingerprint density at radius 3 is 2.76 bits per heavy atom. The van der Waals surface area contributed by atoms with E-state index in [4.69, 9.17) is 9.47 Å². The molecular formula is C20H17NO4. The Bertz CT molecular complexity index is 896. The lowest BCUT2D eigenvalue weighted by Gasteiger charge is -2.06. The monoisotopic (exact) mass is 335 g/mol.